The maximum absolute atomic E-state index is 12.4. The Morgan fingerprint density at radius 1 is 1.25 bits per heavy atom. The van der Waals surface area contributed by atoms with E-state index in [1.165, 1.54) is 39.4 Å². The summed E-state index contributed by atoms with van der Waals surface area (Å²) in [6.45, 7) is 3.51. The van der Waals surface area contributed by atoms with Gasteiger partial charge >= 0.3 is 5.97 Å². The van der Waals surface area contributed by atoms with Crippen LogP contribution in [0.5, 0.6) is 0 Å². The molecule has 0 spiro atoms. The summed E-state index contributed by atoms with van der Waals surface area (Å²) in [5, 5.41) is 2.55. The molecular formula is C15H21ClN2O5S. The minimum atomic E-state index is -3.80. The summed E-state index contributed by atoms with van der Waals surface area (Å²) >= 11 is 5.95. The van der Waals surface area contributed by atoms with E-state index in [0.29, 0.717) is 0 Å². The molecule has 0 radical (unpaired) electrons. The normalized spacial score (nSPS) is 13.0. The average Bonchev–Trinajstić information content (AvgIpc) is 2.51. The van der Waals surface area contributed by atoms with Gasteiger partial charge in [-0.1, -0.05) is 25.4 Å². The number of carbonyl (C=O) groups excluding carboxylic acids is 2. The topological polar surface area (TPSA) is 92.8 Å². The number of esters is 1. The Morgan fingerprint density at radius 2 is 1.83 bits per heavy atom. The monoisotopic (exact) mass is 376 g/mol. The Balaban J connectivity index is 3.20. The molecule has 24 heavy (non-hydrogen) atoms. The van der Waals surface area contributed by atoms with Gasteiger partial charge in [-0.15, -0.1) is 0 Å². The van der Waals surface area contributed by atoms with E-state index in [1.54, 1.807) is 13.8 Å². The molecule has 9 heteroatoms. The summed E-state index contributed by atoms with van der Waals surface area (Å²) in [5.41, 5.74) is 0.0781. The first-order valence-electron chi connectivity index (χ1n) is 7.13. The third kappa shape index (κ3) is 4.46. The summed E-state index contributed by atoms with van der Waals surface area (Å²) in [6, 6.07) is 3.06. The number of nitrogens with zero attached hydrogens (tertiary/aromatic N) is 1. The lowest BCUT2D eigenvalue weighted by molar-refractivity contribution is -0.144. The fourth-order valence-electron chi connectivity index (χ4n) is 1.89. The summed E-state index contributed by atoms with van der Waals surface area (Å²) in [4.78, 5) is 23.9. The number of rotatable bonds is 6. The van der Waals surface area contributed by atoms with Crippen molar-refractivity contribution < 1.29 is 22.7 Å². The second-order valence-corrected chi connectivity index (χ2v) is 8.18. The summed E-state index contributed by atoms with van der Waals surface area (Å²) < 4.78 is 30.2. The second kappa shape index (κ2) is 7.96. The predicted octanol–water partition coefficient (Wildman–Crippen LogP) is 1.52. The summed E-state index contributed by atoms with van der Waals surface area (Å²) in [7, 11) is 0.162. The number of methoxy groups -OCH3 is 1. The van der Waals surface area contributed by atoms with Crippen LogP contribution in [-0.2, 0) is 19.6 Å². The van der Waals surface area contributed by atoms with Crippen LogP contribution in [0.4, 0.5) is 0 Å². The smallest absolute Gasteiger partial charge is 0.328 e. The molecule has 0 saturated carbocycles. The SMILES string of the molecule is COC(=O)[C@H](NC(=O)c1ccc(Cl)c(S(=O)(=O)N(C)C)c1)C(C)C. The maximum Gasteiger partial charge on any atom is 0.328 e. The van der Waals surface area contributed by atoms with Gasteiger partial charge in [0, 0.05) is 19.7 Å². The standard InChI is InChI=1S/C15H21ClN2O5S/c1-9(2)13(15(20)23-5)17-14(19)10-6-7-11(16)12(8-10)24(21,22)18(3)4/h6-9,13H,1-5H3,(H,17,19)/t13-/m1/s1. The van der Waals surface area contributed by atoms with Gasteiger partial charge < -0.3 is 10.1 Å². The van der Waals surface area contributed by atoms with Gasteiger partial charge in [-0.25, -0.2) is 17.5 Å². The van der Waals surface area contributed by atoms with Crippen LogP contribution in [0.3, 0.4) is 0 Å². The Labute approximate surface area is 147 Å². The van der Waals surface area contributed by atoms with Crippen molar-refractivity contribution in [1.82, 2.24) is 9.62 Å². The highest BCUT2D eigenvalue weighted by atomic mass is 35.5. The molecule has 7 nitrogen and oxygen atoms in total. The van der Waals surface area contributed by atoms with Crippen LogP contribution in [0.25, 0.3) is 0 Å². The van der Waals surface area contributed by atoms with Gasteiger partial charge in [-0.3, -0.25) is 4.79 Å². The van der Waals surface area contributed by atoms with Crippen LogP contribution in [0, 0.1) is 5.92 Å². The second-order valence-electron chi connectivity index (χ2n) is 5.65. The Bertz CT molecular complexity index is 731. The van der Waals surface area contributed by atoms with Crippen molar-refractivity contribution in [3.05, 3.63) is 28.8 Å². The van der Waals surface area contributed by atoms with Crippen LogP contribution in [0.15, 0.2) is 23.1 Å². The van der Waals surface area contributed by atoms with E-state index in [-0.39, 0.29) is 21.4 Å². The number of amides is 1. The van der Waals surface area contributed by atoms with Crippen LogP contribution in [-0.4, -0.2) is 51.8 Å². The quantitative estimate of drug-likeness (QED) is 0.760. The Hall–Kier alpha value is -1.64. The van der Waals surface area contributed by atoms with Gasteiger partial charge in [-0.05, 0) is 24.1 Å². The number of carbonyl (C=O) groups is 2. The minimum absolute atomic E-state index is 0.00799. The van der Waals surface area contributed by atoms with Crippen LogP contribution in [0.1, 0.15) is 24.2 Å². The van der Waals surface area contributed by atoms with Crippen molar-refractivity contribution in [3.63, 3.8) is 0 Å². The van der Waals surface area contributed by atoms with E-state index in [9.17, 15) is 18.0 Å². The third-order valence-corrected chi connectivity index (χ3v) is 5.66. The molecule has 0 aliphatic carbocycles. The summed E-state index contributed by atoms with van der Waals surface area (Å²) in [5.74, 6) is -1.36. The van der Waals surface area contributed by atoms with E-state index < -0.39 is 27.9 Å². The molecule has 0 saturated heterocycles. The first-order chi connectivity index (χ1) is 11.0. The first-order valence-corrected chi connectivity index (χ1v) is 8.95. The highest BCUT2D eigenvalue weighted by molar-refractivity contribution is 7.89. The van der Waals surface area contributed by atoms with Gasteiger partial charge in [0.15, 0.2) is 0 Å². The maximum atomic E-state index is 12.4. The predicted molar refractivity (Wildman–Crippen MR) is 90.4 cm³/mol. The van der Waals surface area contributed by atoms with E-state index in [1.807, 2.05) is 0 Å². The molecule has 0 fully saturated rings. The van der Waals surface area contributed by atoms with Crippen molar-refractivity contribution in [3.8, 4) is 0 Å². The molecule has 0 aliphatic heterocycles. The van der Waals surface area contributed by atoms with Crippen molar-refractivity contribution in [2.45, 2.75) is 24.8 Å². The van der Waals surface area contributed by atoms with Gasteiger partial charge in [0.2, 0.25) is 10.0 Å². The fourth-order valence-corrected chi connectivity index (χ4v) is 3.28. The molecule has 1 amide bonds. The molecule has 134 valence electrons. The van der Waals surface area contributed by atoms with E-state index in [4.69, 9.17) is 11.6 Å². The molecule has 1 rings (SSSR count). The fraction of sp³-hybridized carbons (Fsp3) is 0.467. The van der Waals surface area contributed by atoms with E-state index >= 15 is 0 Å². The van der Waals surface area contributed by atoms with E-state index in [0.717, 1.165) is 4.31 Å². The minimum Gasteiger partial charge on any atom is -0.467 e. The number of nitrogens with one attached hydrogen (secondary N) is 1. The molecule has 0 bridgehead atoms. The molecule has 1 N–H and O–H groups in total. The van der Waals surface area contributed by atoms with Crippen LogP contribution >= 0.6 is 11.6 Å². The molecule has 0 aromatic heterocycles. The zero-order chi connectivity index (χ0) is 18.7. The van der Waals surface area contributed by atoms with Gasteiger partial charge in [0.25, 0.3) is 5.91 Å². The number of sulfonamides is 1. The number of benzene rings is 1. The van der Waals surface area contributed by atoms with Crippen molar-refractivity contribution in [1.29, 1.82) is 0 Å². The lowest BCUT2D eigenvalue weighted by Gasteiger charge is -2.20. The van der Waals surface area contributed by atoms with Crippen molar-refractivity contribution in [2.24, 2.45) is 5.92 Å². The van der Waals surface area contributed by atoms with Crippen molar-refractivity contribution >= 4 is 33.5 Å². The zero-order valence-corrected chi connectivity index (χ0v) is 15.7. The lowest BCUT2D eigenvalue weighted by atomic mass is 10.0. The molecule has 0 heterocycles. The highest BCUT2D eigenvalue weighted by Crippen LogP contribution is 2.25. The molecule has 0 unspecified atom stereocenters. The van der Waals surface area contributed by atoms with E-state index in [2.05, 4.69) is 10.1 Å². The highest BCUT2D eigenvalue weighted by Gasteiger charge is 2.27. The van der Waals surface area contributed by atoms with Crippen LogP contribution < -0.4 is 5.32 Å². The number of hydrogen-bond donors (Lipinski definition) is 1. The molecular weight excluding hydrogens is 356 g/mol. The van der Waals surface area contributed by atoms with Gasteiger partial charge in [0.1, 0.15) is 10.9 Å². The molecule has 1 atom stereocenters. The Morgan fingerprint density at radius 3 is 2.29 bits per heavy atom. The van der Waals surface area contributed by atoms with Gasteiger partial charge in [-0.2, -0.15) is 0 Å². The number of ether oxygens (including phenoxy) is 1. The Kier molecular flexibility index (Phi) is 6.76. The lowest BCUT2D eigenvalue weighted by Crippen LogP contribution is -2.45. The van der Waals surface area contributed by atoms with Crippen molar-refractivity contribution in [2.75, 3.05) is 21.2 Å². The molecule has 1 aromatic carbocycles. The third-order valence-electron chi connectivity index (χ3n) is 3.36. The average molecular weight is 377 g/mol. The number of hydrogen-bond acceptors (Lipinski definition) is 5. The van der Waals surface area contributed by atoms with Crippen LogP contribution in [0.2, 0.25) is 5.02 Å². The molecule has 0 aliphatic rings. The first kappa shape index (κ1) is 20.4. The molecule has 1 aromatic rings. The summed E-state index contributed by atoms with van der Waals surface area (Å²) in [6.07, 6.45) is 0. The number of halogens is 1. The van der Waals surface area contributed by atoms with Gasteiger partial charge in [0.05, 0.1) is 12.1 Å². The zero-order valence-electron chi connectivity index (χ0n) is 14.2. The largest absolute Gasteiger partial charge is 0.467 e.